The molecule has 0 atom stereocenters. The number of aromatic nitrogens is 4. The van der Waals surface area contributed by atoms with Gasteiger partial charge in [-0.15, -0.1) is 0 Å². The Morgan fingerprint density at radius 2 is 1.88 bits per heavy atom. The van der Waals surface area contributed by atoms with Crippen molar-refractivity contribution >= 4 is 16.9 Å². The molecule has 4 aromatic rings. The highest BCUT2D eigenvalue weighted by molar-refractivity contribution is 5.78. The van der Waals surface area contributed by atoms with Crippen LogP contribution in [0.5, 0.6) is 11.5 Å². The molecule has 2 aromatic carbocycles. The van der Waals surface area contributed by atoms with Gasteiger partial charge in [0.05, 0.1) is 39.9 Å². The van der Waals surface area contributed by atoms with Crippen LogP contribution in [0.1, 0.15) is 16.7 Å². The van der Waals surface area contributed by atoms with Crippen LogP contribution in [0.2, 0.25) is 0 Å². The van der Waals surface area contributed by atoms with Crippen LogP contribution in [0.25, 0.3) is 11.0 Å². The minimum atomic E-state index is -0.143. The Morgan fingerprint density at radius 1 is 1.06 bits per heavy atom. The minimum Gasteiger partial charge on any atom is -0.493 e. The van der Waals surface area contributed by atoms with Crippen LogP contribution >= 0.6 is 0 Å². The number of hydrogen-bond acceptors (Lipinski definition) is 6. The van der Waals surface area contributed by atoms with Crippen LogP contribution in [0.3, 0.4) is 0 Å². The van der Waals surface area contributed by atoms with Crippen molar-refractivity contribution in [2.75, 3.05) is 20.8 Å². The number of benzene rings is 2. The Morgan fingerprint density at radius 3 is 2.65 bits per heavy atom. The topological polar surface area (TPSA) is 100 Å². The van der Waals surface area contributed by atoms with Crippen molar-refractivity contribution in [3.63, 3.8) is 0 Å². The summed E-state index contributed by atoms with van der Waals surface area (Å²) in [7, 11) is 3.12. The van der Waals surface area contributed by atoms with Gasteiger partial charge in [0.2, 0.25) is 5.91 Å². The first-order chi connectivity index (χ1) is 16.5. The number of methoxy groups -OCH3 is 2. The summed E-state index contributed by atoms with van der Waals surface area (Å²) >= 11 is 0. The van der Waals surface area contributed by atoms with Crippen LogP contribution in [-0.4, -0.2) is 46.0 Å². The largest absolute Gasteiger partial charge is 0.493 e. The normalized spacial score (nSPS) is 10.9. The van der Waals surface area contributed by atoms with E-state index in [0.717, 1.165) is 16.7 Å². The van der Waals surface area contributed by atoms with E-state index < -0.39 is 0 Å². The van der Waals surface area contributed by atoms with Crippen molar-refractivity contribution in [3.05, 3.63) is 82.0 Å². The number of hydrogen-bond donors (Lipinski definition) is 1. The fourth-order valence-corrected chi connectivity index (χ4v) is 3.82. The van der Waals surface area contributed by atoms with Crippen LogP contribution in [0.15, 0.2) is 59.8 Å². The molecule has 34 heavy (non-hydrogen) atoms. The van der Waals surface area contributed by atoms with Gasteiger partial charge in [-0.25, -0.2) is 9.67 Å². The molecule has 176 valence electrons. The predicted octanol–water partition coefficient (Wildman–Crippen LogP) is 2.33. The highest BCUT2D eigenvalue weighted by atomic mass is 16.5. The summed E-state index contributed by atoms with van der Waals surface area (Å²) in [5, 5.41) is 7.63. The molecule has 9 heteroatoms. The molecule has 1 N–H and O–H groups in total. The highest BCUT2D eigenvalue weighted by Crippen LogP contribution is 2.27. The Hall–Kier alpha value is -4.14. The number of nitrogens with one attached hydrogen (secondary N) is 1. The van der Waals surface area contributed by atoms with Crippen molar-refractivity contribution in [3.8, 4) is 11.5 Å². The van der Waals surface area contributed by atoms with Crippen molar-refractivity contribution in [1.29, 1.82) is 0 Å². The average molecular weight is 462 g/mol. The summed E-state index contributed by atoms with van der Waals surface area (Å²) in [5.74, 6) is 1.06. The third-order valence-corrected chi connectivity index (χ3v) is 5.52. The van der Waals surface area contributed by atoms with Gasteiger partial charge in [-0.2, -0.15) is 5.10 Å². The molecule has 4 rings (SSSR count). The Balaban J connectivity index is 1.38. The first kappa shape index (κ1) is 23.0. The number of carbonyl (C=O) groups is 1. The maximum atomic E-state index is 12.9. The number of aryl methyl sites for hydroxylation is 1. The lowest BCUT2D eigenvalue weighted by Gasteiger charge is -2.10. The monoisotopic (exact) mass is 461 g/mol. The van der Waals surface area contributed by atoms with E-state index >= 15 is 0 Å². The second kappa shape index (κ2) is 10.2. The van der Waals surface area contributed by atoms with Gasteiger partial charge in [-0.05, 0) is 30.2 Å². The number of carbonyl (C=O) groups excluding carboxylic acids is 1. The molecule has 0 aliphatic heterocycles. The van der Waals surface area contributed by atoms with E-state index in [1.165, 1.54) is 6.20 Å². The van der Waals surface area contributed by atoms with Crippen molar-refractivity contribution < 1.29 is 14.3 Å². The van der Waals surface area contributed by atoms with Gasteiger partial charge in [0.1, 0.15) is 11.7 Å². The minimum absolute atomic E-state index is 0.128. The number of rotatable bonds is 9. The van der Waals surface area contributed by atoms with Gasteiger partial charge in [-0.3, -0.25) is 14.2 Å². The highest BCUT2D eigenvalue weighted by Gasteiger charge is 2.12. The first-order valence-corrected chi connectivity index (χ1v) is 10.9. The Bertz CT molecular complexity index is 1380. The zero-order valence-electron chi connectivity index (χ0n) is 19.4. The van der Waals surface area contributed by atoms with E-state index in [-0.39, 0.29) is 17.9 Å². The van der Waals surface area contributed by atoms with Gasteiger partial charge in [0.15, 0.2) is 17.1 Å². The van der Waals surface area contributed by atoms with Crippen LogP contribution in [0, 0.1) is 6.92 Å². The summed E-state index contributed by atoms with van der Waals surface area (Å²) in [6.45, 7) is 3.22. The van der Waals surface area contributed by atoms with E-state index in [1.807, 2.05) is 37.3 Å². The van der Waals surface area contributed by atoms with E-state index in [2.05, 4.69) is 15.4 Å². The van der Waals surface area contributed by atoms with E-state index in [0.29, 0.717) is 42.2 Å². The van der Waals surface area contributed by atoms with Gasteiger partial charge in [-0.1, -0.05) is 35.9 Å². The lowest BCUT2D eigenvalue weighted by molar-refractivity contribution is -0.120. The molecule has 9 nitrogen and oxygen atoms in total. The third-order valence-electron chi connectivity index (χ3n) is 5.52. The Kier molecular flexibility index (Phi) is 6.91. The van der Waals surface area contributed by atoms with E-state index in [1.54, 1.807) is 41.9 Å². The number of nitrogens with zero attached hydrogens (tertiary/aromatic N) is 4. The molecule has 1 amide bonds. The first-order valence-electron chi connectivity index (χ1n) is 10.9. The molecule has 0 spiro atoms. The van der Waals surface area contributed by atoms with Crippen molar-refractivity contribution in [1.82, 2.24) is 24.6 Å². The quantitative estimate of drug-likeness (QED) is 0.411. The summed E-state index contributed by atoms with van der Waals surface area (Å²) in [5.41, 5.74) is 3.35. The molecular weight excluding hydrogens is 434 g/mol. The third kappa shape index (κ3) is 5.09. The summed E-state index contributed by atoms with van der Waals surface area (Å²) < 4.78 is 13.7. The van der Waals surface area contributed by atoms with Crippen LogP contribution in [-0.2, 0) is 24.3 Å². The van der Waals surface area contributed by atoms with E-state index in [9.17, 15) is 9.59 Å². The smallest absolute Gasteiger partial charge is 0.264 e. The maximum Gasteiger partial charge on any atom is 0.264 e. The van der Waals surface area contributed by atoms with Gasteiger partial charge < -0.3 is 14.8 Å². The fraction of sp³-hybridized carbons (Fsp3) is 0.280. The summed E-state index contributed by atoms with van der Waals surface area (Å²) in [4.78, 5) is 29.7. The number of amides is 1. The zero-order valence-corrected chi connectivity index (χ0v) is 19.4. The standard InChI is InChI=1S/C25H27N5O4/c1-17-5-4-6-19(11-17)15-29-16-27-24-20(25(29)32)14-28-30(24)10-9-26-23(31)13-18-7-8-21(33-2)22(12-18)34-3/h4-8,11-12,14,16H,9-10,13,15H2,1-3H3,(H,26,31). The van der Waals surface area contributed by atoms with E-state index in [4.69, 9.17) is 9.47 Å². The van der Waals surface area contributed by atoms with Crippen LogP contribution in [0.4, 0.5) is 0 Å². The molecule has 0 aliphatic rings. The predicted molar refractivity (Wildman–Crippen MR) is 128 cm³/mol. The zero-order chi connectivity index (χ0) is 24.1. The number of fused-ring (bicyclic) bond motifs is 1. The SMILES string of the molecule is COc1ccc(CC(=O)NCCn2ncc3c(=O)n(Cc4cccc(C)c4)cnc32)cc1OC. The van der Waals surface area contributed by atoms with Gasteiger partial charge in [0.25, 0.3) is 5.56 Å². The van der Waals surface area contributed by atoms with Gasteiger partial charge >= 0.3 is 0 Å². The average Bonchev–Trinajstić information content (AvgIpc) is 3.24. The van der Waals surface area contributed by atoms with Crippen LogP contribution < -0.4 is 20.3 Å². The number of ether oxygens (including phenoxy) is 2. The molecule has 2 aromatic heterocycles. The Labute approximate surface area is 197 Å². The molecule has 0 saturated carbocycles. The summed E-state index contributed by atoms with van der Waals surface area (Å²) in [6, 6.07) is 13.4. The second-order valence-electron chi connectivity index (χ2n) is 7.99. The lowest BCUT2D eigenvalue weighted by Crippen LogP contribution is -2.29. The molecule has 0 saturated heterocycles. The molecule has 2 heterocycles. The molecule has 0 bridgehead atoms. The summed E-state index contributed by atoms with van der Waals surface area (Å²) in [6.07, 6.45) is 3.28. The fourth-order valence-electron chi connectivity index (χ4n) is 3.82. The molecule has 0 fully saturated rings. The molecule has 0 aliphatic carbocycles. The second-order valence-corrected chi connectivity index (χ2v) is 7.99. The maximum absolute atomic E-state index is 12.9. The van der Waals surface area contributed by atoms with Gasteiger partial charge in [0, 0.05) is 6.54 Å². The van der Waals surface area contributed by atoms with Crippen molar-refractivity contribution in [2.24, 2.45) is 0 Å². The molecule has 0 unspecified atom stereocenters. The lowest BCUT2D eigenvalue weighted by atomic mass is 10.1. The van der Waals surface area contributed by atoms with Crippen molar-refractivity contribution in [2.45, 2.75) is 26.4 Å². The molecule has 0 radical (unpaired) electrons. The molecular formula is C25H27N5O4.